The maximum absolute atomic E-state index is 13.6. The first-order chi connectivity index (χ1) is 18.5. The molecule has 1 fully saturated rings. The molecule has 2 aromatic heterocycles. The molecule has 0 radical (unpaired) electrons. The summed E-state index contributed by atoms with van der Waals surface area (Å²) < 4.78 is 8.92. The van der Waals surface area contributed by atoms with Crippen LogP contribution in [-0.2, 0) is 18.2 Å². The average Bonchev–Trinajstić information content (AvgIpc) is 3.68. The van der Waals surface area contributed by atoms with E-state index in [2.05, 4.69) is 44.9 Å². The molecule has 2 aromatic carbocycles. The number of carbonyl (C=O) groups excluding carboxylic acids is 1. The third kappa shape index (κ3) is 4.37. The monoisotopic (exact) mass is 511 g/mol. The first-order valence-electron chi connectivity index (χ1n) is 13.1. The third-order valence-electron chi connectivity index (χ3n) is 7.82. The molecule has 4 aromatic rings. The molecule has 0 unspecified atom stereocenters. The lowest BCUT2D eigenvalue weighted by Crippen LogP contribution is -2.42. The summed E-state index contributed by atoms with van der Waals surface area (Å²) in [5.41, 5.74) is 6.15. The minimum Gasteiger partial charge on any atom is -0.383 e. The van der Waals surface area contributed by atoms with Gasteiger partial charge in [0.25, 0.3) is 0 Å². The number of urea groups is 1. The highest BCUT2D eigenvalue weighted by molar-refractivity contribution is 5.91. The van der Waals surface area contributed by atoms with Crippen LogP contribution in [0.5, 0.6) is 0 Å². The van der Waals surface area contributed by atoms with Crippen LogP contribution in [0.2, 0.25) is 0 Å². The largest absolute Gasteiger partial charge is 0.383 e. The van der Waals surface area contributed by atoms with Gasteiger partial charge in [0.15, 0.2) is 0 Å². The highest BCUT2D eigenvalue weighted by atomic mass is 16.5. The summed E-state index contributed by atoms with van der Waals surface area (Å²) in [5.74, 6) is 0.894. The van der Waals surface area contributed by atoms with Crippen molar-refractivity contribution in [3.8, 4) is 16.9 Å². The SMILES string of the molecule is COCCN1C[C@@H](NC(=O)Nc2c(C)c(-c3cnn(C)c3)nn2-c2ccccc2)[C@@H]2c3ccccc3C[C@@H]21. The Morgan fingerprint density at radius 2 is 1.92 bits per heavy atom. The van der Waals surface area contributed by atoms with Crippen molar-refractivity contribution in [1.82, 2.24) is 29.8 Å². The predicted molar refractivity (Wildman–Crippen MR) is 147 cm³/mol. The fourth-order valence-electron chi connectivity index (χ4n) is 6.08. The van der Waals surface area contributed by atoms with Crippen molar-refractivity contribution in [2.75, 3.05) is 32.1 Å². The second-order valence-electron chi connectivity index (χ2n) is 10.2. The molecule has 0 bridgehead atoms. The molecule has 0 spiro atoms. The van der Waals surface area contributed by atoms with Crippen molar-refractivity contribution in [2.24, 2.45) is 7.05 Å². The number of anilines is 1. The number of likely N-dealkylation sites (tertiary alicyclic amines) is 1. The molecule has 1 aliphatic heterocycles. The van der Waals surface area contributed by atoms with Gasteiger partial charge in [-0.2, -0.15) is 10.2 Å². The van der Waals surface area contributed by atoms with Crippen LogP contribution in [-0.4, -0.2) is 69.4 Å². The van der Waals surface area contributed by atoms with Gasteiger partial charge in [0.1, 0.15) is 11.5 Å². The number of hydrogen-bond donors (Lipinski definition) is 2. The van der Waals surface area contributed by atoms with Crippen molar-refractivity contribution in [3.63, 3.8) is 0 Å². The molecule has 2 N–H and O–H groups in total. The Morgan fingerprint density at radius 1 is 1.13 bits per heavy atom. The van der Waals surface area contributed by atoms with Gasteiger partial charge in [-0.05, 0) is 36.6 Å². The molecule has 196 valence electrons. The zero-order valence-corrected chi connectivity index (χ0v) is 22.0. The van der Waals surface area contributed by atoms with Crippen LogP contribution in [0.1, 0.15) is 22.6 Å². The van der Waals surface area contributed by atoms with Crippen LogP contribution in [0.15, 0.2) is 67.0 Å². The van der Waals surface area contributed by atoms with Crippen molar-refractivity contribution >= 4 is 11.8 Å². The van der Waals surface area contributed by atoms with Crippen LogP contribution in [0.4, 0.5) is 10.6 Å². The zero-order chi connectivity index (χ0) is 26.2. The van der Waals surface area contributed by atoms with Gasteiger partial charge in [0, 0.05) is 56.5 Å². The summed E-state index contributed by atoms with van der Waals surface area (Å²) in [6.07, 6.45) is 4.72. The molecule has 1 saturated heterocycles. The van der Waals surface area contributed by atoms with Gasteiger partial charge in [-0.3, -0.25) is 14.9 Å². The Bertz CT molecular complexity index is 1440. The molecule has 2 amide bonds. The number of amides is 2. The standard InChI is InChI=1S/C29H33N7O2/c1-19-27(21-16-30-34(2)17-21)33-36(22-10-5-4-6-11-22)28(19)32-29(37)31-24-18-35(13-14-38-3)25-15-20-9-7-8-12-23(20)26(24)25/h4-12,16-17,24-26H,13-15,18H2,1-3H3,(H2,31,32,37)/t24-,25+,26+/m1/s1. The lowest BCUT2D eigenvalue weighted by molar-refractivity contribution is 0.140. The summed E-state index contributed by atoms with van der Waals surface area (Å²) in [6, 6.07) is 18.6. The topological polar surface area (TPSA) is 89.2 Å². The fraction of sp³-hybridized carbons (Fsp3) is 0.345. The Balaban J connectivity index is 1.28. The van der Waals surface area contributed by atoms with Crippen LogP contribution in [0.3, 0.4) is 0 Å². The number of para-hydroxylation sites is 1. The predicted octanol–water partition coefficient (Wildman–Crippen LogP) is 3.74. The number of ether oxygens (including phenoxy) is 1. The molecular formula is C29H33N7O2. The Kier molecular flexibility index (Phi) is 6.47. The van der Waals surface area contributed by atoms with E-state index in [0.29, 0.717) is 18.5 Å². The average molecular weight is 512 g/mol. The van der Waals surface area contributed by atoms with Gasteiger partial charge >= 0.3 is 6.03 Å². The van der Waals surface area contributed by atoms with Crippen molar-refractivity contribution in [3.05, 3.63) is 83.7 Å². The van der Waals surface area contributed by atoms with E-state index in [1.807, 2.05) is 50.5 Å². The maximum Gasteiger partial charge on any atom is 0.320 e. The van der Waals surface area contributed by atoms with Gasteiger partial charge in [0.2, 0.25) is 0 Å². The molecule has 0 saturated carbocycles. The van der Waals surface area contributed by atoms with Gasteiger partial charge in [-0.15, -0.1) is 0 Å². The summed E-state index contributed by atoms with van der Waals surface area (Å²) >= 11 is 0. The van der Waals surface area contributed by atoms with Crippen molar-refractivity contribution in [2.45, 2.75) is 31.3 Å². The molecule has 6 rings (SSSR count). The lowest BCUT2D eigenvalue weighted by atomic mass is 9.94. The smallest absolute Gasteiger partial charge is 0.320 e. The van der Waals surface area contributed by atoms with E-state index in [9.17, 15) is 4.79 Å². The second kappa shape index (κ2) is 10.1. The van der Waals surface area contributed by atoms with Crippen LogP contribution >= 0.6 is 0 Å². The number of hydrogen-bond acceptors (Lipinski definition) is 5. The van der Waals surface area contributed by atoms with E-state index in [1.165, 1.54) is 11.1 Å². The Labute approximate surface area is 222 Å². The highest BCUT2D eigenvalue weighted by Gasteiger charge is 2.47. The maximum atomic E-state index is 13.6. The van der Waals surface area contributed by atoms with E-state index in [1.54, 1.807) is 22.7 Å². The number of rotatable bonds is 7. The number of fused-ring (bicyclic) bond motifs is 3. The summed E-state index contributed by atoms with van der Waals surface area (Å²) in [5, 5.41) is 15.6. The summed E-state index contributed by atoms with van der Waals surface area (Å²) in [6.45, 7) is 4.29. The molecule has 9 heteroatoms. The van der Waals surface area contributed by atoms with E-state index in [0.717, 1.165) is 42.0 Å². The van der Waals surface area contributed by atoms with E-state index in [-0.39, 0.29) is 18.0 Å². The first kappa shape index (κ1) is 24.4. The van der Waals surface area contributed by atoms with Gasteiger partial charge in [-0.25, -0.2) is 9.48 Å². The number of benzene rings is 2. The van der Waals surface area contributed by atoms with Crippen molar-refractivity contribution in [1.29, 1.82) is 0 Å². The molecule has 1 aliphatic carbocycles. The first-order valence-corrected chi connectivity index (χ1v) is 13.1. The molecule has 2 aliphatic rings. The quantitative estimate of drug-likeness (QED) is 0.395. The Morgan fingerprint density at radius 3 is 2.68 bits per heavy atom. The molecule has 3 atom stereocenters. The number of aryl methyl sites for hydroxylation is 1. The molecule has 9 nitrogen and oxygen atoms in total. The van der Waals surface area contributed by atoms with E-state index in [4.69, 9.17) is 9.84 Å². The minimum absolute atomic E-state index is 0.00768. The highest BCUT2D eigenvalue weighted by Crippen LogP contribution is 2.43. The number of nitrogens with one attached hydrogen (secondary N) is 2. The van der Waals surface area contributed by atoms with Gasteiger partial charge in [-0.1, -0.05) is 42.5 Å². The number of methoxy groups -OCH3 is 1. The normalized spacial score (nSPS) is 20.3. The van der Waals surface area contributed by atoms with E-state index >= 15 is 0 Å². The van der Waals surface area contributed by atoms with Crippen molar-refractivity contribution < 1.29 is 9.53 Å². The molecule has 3 heterocycles. The third-order valence-corrected chi connectivity index (χ3v) is 7.82. The number of aromatic nitrogens is 4. The summed E-state index contributed by atoms with van der Waals surface area (Å²) in [7, 11) is 3.61. The lowest BCUT2D eigenvalue weighted by Gasteiger charge is -2.22. The zero-order valence-electron chi connectivity index (χ0n) is 22.0. The minimum atomic E-state index is -0.232. The van der Waals surface area contributed by atoms with E-state index < -0.39 is 0 Å². The van der Waals surface area contributed by atoms with Gasteiger partial charge < -0.3 is 10.1 Å². The number of nitrogens with zero attached hydrogens (tertiary/aromatic N) is 5. The summed E-state index contributed by atoms with van der Waals surface area (Å²) in [4.78, 5) is 16.0. The molecule has 38 heavy (non-hydrogen) atoms. The van der Waals surface area contributed by atoms with Gasteiger partial charge in [0.05, 0.1) is 24.5 Å². The fourth-order valence-corrected chi connectivity index (χ4v) is 6.08. The van der Waals surface area contributed by atoms with Crippen LogP contribution < -0.4 is 10.6 Å². The Hall–Kier alpha value is -3.95. The number of carbonyl (C=O) groups is 1. The molecular weight excluding hydrogens is 478 g/mol. The van der Waals surface area contributed by atoms with Crippen LogP contribution in [0, 0.1) is 6.92 Å². The van der Waals surface area contributed by atoms with Crippen LogP contribution in [0.25, 0.3) is 16.9 Å². The second-order valence-corrected chi connectivity index (χ2v) is 10.2.